The van der Waals surface area contributed by atoms with Gasteiger partial charge in [0, 0.05) is 36.9 Å². The van der Waals surface area contributed by atoms with Gasteiger partial charge in [0.15, 0.2) is 12.2 Å². The van der Waals surface area contributed by atoms with Gasteiger partial charge >= 0.3 is 17.6 Å². The smallest absolute Gasteiger partial charge is 0.336 e. The summed E-state index contributed by atoms with van der Waals surface area (Å²) in [6.45, 7) is 6.02. The summed E-state index contributed by atoms with van der Waals surface area (Å²) < 4.78 is 22.0. The first-order chi connectivity index (χ1) is 11.7. The lowest BCUT2D eigenvalue weighted by atomic mass is 9.87. The van der Waals surface area contributed by atoms with E-state index in [4.69, 9.17) is 18.6 Å². The van der Waals surface area contributed by atoms with Crippen molar-refractivity contribution >= 4 is 22.9 Å². The molecule has 2 atom stereocenters. The van der Waals surface area contributed by atoms with E-state index in [0.717, 1.165) is 0 Å². The molecule has 3 rings (SSSR count). The second-order valence-electron chi connectivity index (χ2n) is 6.45. The first-order valence-corrected chi connectivity index (χ1v) is 7.78. The molecule has 0 aliphatic carbocycles. The first kappa shape index (κ1) is 17.0. The summed E-state index contributed by atoms with van der Waals surface area (Å²) >= 11 is 0. The van der Waals surface area contributed by atoms with Gasteiger partial charge < -0.3 is 18.6 Å². The fourth-order valence-corrected chi connectivity index (χ4v) is 2.98. The van der Waals surface area contributed by atoms with Crippen LogP contribution < -0.4 is 10.4 Å². The molecule has 0 unspecified atom stereocenters. The van der Waals surface area contributed by atoms with Crippen LogP contribution in [0.15, 0.2) is 33.5 Å². The van der Waals surface area contributed by atoms with E-state index < -0.39 is 35.4 Å². The number of ether oxygens (including phenoxy) is 3. The molecule has 25 heavy (non-hydrogen) atoms. The van der Waals surface area contributed by atoms with Crippen LogP contribution in [0.2, 0.25) is 0 Å². The summed E-state index contributed by atoms with van der Waals surface area (Å²) in [5, 5.41) is 0.639. The molecule has 1 aromatic heterocycles. The molecular weight excluding hydrogens is 328 g/mol. The fraction of sp³-hybridized carbons (Fsp3) is 0.389. The van der Waals surface area contributed by atoms with Gasteiger partial charge in [0.05, 0.1) is 0 Å². The molecule has 0 spiro atoms. The third-order valence-electron chi connectivity index (χ3n) is 3.98. The number of carbonyl (C=O) groups excluding carboxylic acids is 2. The van der Waals surface area contributed by atoms with Crippen molar-refractivity contribution in [2.24, 2.45) is 0 Å². The molecule has 1 aromatic carbocycles. The molecule has 0 N–H and O–H groups in total. The van der Waals surface area contributed by atoms with E-state index in [1.807, 2.05) is 0 Å². The van der Waals surface area contributed by atoms with Crippen LogP contribution in [0.5, 0.6) is 5.75 Å². The number of esters is 2. The number of carbonyl (C=O) groups is 2. The van der Waals surface area contributed by atoms with Crippen LogP contribution in [0.3, 0.4) is 0 Å². The largest absolute Gasteiger partial charge is 0.483 e. The Kier molecular flexibility index (Phi) is 4.02. The Morgan fingerprint density at radius 3 is 2.40 bits per heavy atom. The highest BCUT2D eigenvalue weighted by Gasteiger charge is 2.48. The Labute approximate surface area is 143 Å². The summed E-state index contributed by atoms with van der Waals surface area (Å²) in [4.78, 5) is 34.6. The van der Waals surface area contributed by atoms with Crippen molar-refractivity contribution in [3.8, 4) is 5.75 Å². The number of benzene rings is 1. The lowest BCUT2D eigenvalue weighted by Gasteiger charge is -2.43. The van der Waals surface area contributed by atoms with Gasteiger partial charge in [-0.05, 0) is 26.0 Å². The Morgan fingerprint density at radius 1 is 1.08 bits per heavy atom. The maximum atomic E-state index is 11.6. The fourth-order valence-electron chi connectivity index (χ4n) is 2.98. The van der Waals surface area contributed by atoms with Crippen LogP contribution in [0.25, 0.3) is 11.0 Å². The second kappa shape index (κ2) is 5.91. The predicted molar refractivity (Wildman–Crippen MR) is 87.3 cm³/mol. The molecule has 0 amide bonds. The van der Waals surface area contributed by atoms with E-state index in [1.165, 1.54) is 19.9 Å². The van der Waals surface area contributed by atoms with E-state index in [2.05, 4.69) is 0 Å². The summed E-state index contributed by atoms with van der Waals surface area (Å²) in [7, 11) is 0. The van der Waals surface area contributed by atoms with Gasteiger partial charge in [-0.25, -0.2) is 4.79 Å². The van der Waals surface area contributed by atoms with Crippen molar-refractivity contribution in [1.82, 2.24) is 0 Å². The van der Waals surface area contributed by atoms with Crippen LogP contribution in [-0.4, -0.2) is 23.6 Å². The lowest BCUT2D eigenvalue weighted by Crippen LogP contribution is -2.51. The molecule has 1 aliphatic heterocycles. The Balaban J connectivity index is 2.20. The minimum absolute atomic E-state index is 0.356. The molecule has 0 saturated carbocycles. The highest BCUT2D eigenvalue weighted by atomic mass is 16.6. The highest BCUT2D eigenvalue weighted by molar-refractivity contribution is 5.80. The minimum Gasteiger partial charge on any atom is -0.483 e. The van der Waals surface area contributed by atoms with Crippen LogP contribution in [0.1, 0.15) is 39.4 Å². The number of rotatable bonds is 2. The topological polar surface area (TPSA) is 92.0 Å². The molecule has 7 heteroatoms. The van der Waals surface area contributed by atoms with Gasteiger partial charge in [-0.1, -0.05) is 0 Å². The third-order valence-corrected chi connectivity index (χ3v) is 3.98. The summed E-state index contributed by atoms with van der Waals surface area (Å²) in [6.07, 6.45) is -1.66. The quantitative estimate of drug-likeness (QED) is 0.609. The maximum absolute atomic E-state index is 11.6. The molecular formula is C18H18O7. The molecule has 0 bridgehead atoms. The summed E-state index contributed by atoms with van der Waals surface area (Å²) in [6, 6.07) is 6.18. The van der Waals surface area contributed by atoms with Gasteiger partial charge in [-0.2, -0.15) is 0 Å². The van der Waals surface area contributed by atoms with Gasteiger partial charge in [0.1, 0.15) is 16.9 Å². The van der Waals surface area contributed by atoms with Crippen LogP contribution in [0, 0.1) is 0 Å². The lowest BCUT2D eigenvalue weighted by molar-refractivity contribution is -0.187. The number of hydrogen-bond donors (Lipinski definition) is 0. The molecule has 0 radical (unpaired) electrons. The van der Waals surface area contributed by atoms with Gasteiger partial charge in [0.2, 0.25) is 0 Å². The Bertz CT molecular complexity index is 909. The zero-order chi connectivity index (χ0) is 18.4. The van der Waals surface area contributed by atoms with Crippen molar-refractivity contribution in [1.29, 1.82) is 0 Å². The molecule has 132 valence electrons. The molecule has 2 heterocycles. The van der Waals surface area contributed by atoms with Crippen molar-refractivity contribution in [2.75, 3.05) is 0 Å². The Morgan fingerprint density at radius 2 is 1.76 bits per heavy atom. The predicted octanol–water partition coefficient (Wildman–Crippen LogP) is 2.50. The van der Waals surface area contributed by atoms with Crippen molar-refractivity contribution in [2.45, 2.75) is 45.5 Å². The average Bonchev–Trinajstić information content (AvgIpc) is 2.48. The minimum atomic E-state index is -0.957. The molecule has 1 aliphatic rings. The molecule has 0 fully saturated rings. The van der Waals surface area contributed by atoms with E-state index in [-0.39, 0.29) is 0 Å². The van der Waals surface area contributed by atoms with E-state index >= 15 is 0 Å². The van der Waals surface area contributed by atoms with Crippen LogP contribution in [0.4, 0.5) is 0 Å². The van der Waals surface area contributed by atoms with Crippen molar-refractivity contribution < 1.29 is 28.2 Å². The monoisotopic (exact) mass is 346 g/mol. The summed E-state index contributed by atoms with van der Waals surface area (Å²) in [5.41, 5.74) is -0.532. The number of hydrogen-bond acceptors (Lipinski definition) is 7. The highest BCUT2D eigenvalue weighted by Crippen LogP contribution is 2.44. The van der Waals surface area contributed by atoms with E-state index in [1.54, 1.807) is 32.0 Å². The van der Waals surface area contributed by atoms with Crippen LogP contribution >= 0.6 is 0 Å². The standard InChI is InChI=1S/C18H18O7/c1-9(19)22-16-12-7-11-5-6-15(21)24-13(11)8-14(12)25-18(3,4)17(16)23-10(2)20/h5-8,16-17H,1-4H3/t16-,17-/m1/s1. The first-order valence-electron chi connectivity index (χ1n) is 7.78. The van der Waals surface area contributed by atoms with Gasteiger partial charge in [-0.15, -0.1) is 0 Å². The zero-order valence-corrected chi connectivity index (χ0v) is 14.3. The van der Waals surface area contributed by atoms with Crippen molar-refractivity contribution in [3.05, 3.63) is 40.2 Å². The molecule has 7 nitrogen and oxygen atoms in total. The molecule has 0 saturated heterocycles. The maximum Gasteiger partial charge on any atom is 0.336 e. The SMILES string of the molecule is CC(=O)O[C@@H]1c2cc3ccc(=O)oc3cc2OC(C)(C)[C@@H]1OC(C)=O. The van der Waals surface area contributed by atoms with Crippen LogP contribution in [-0.2, 0) is 19.1 Å². The van der Waals surface area contributed by atoms with E-state index in [9.17, 15) is 14.4 Å². The van der Waals surface area contributed by atoms with E-state index in [0.29, 0.717) is 22.3 Å². The van der Waals surface area contributed by atoms with Crippen molar-refractivity contribution in [3.63, 3.8) is 0 Å². The average molecular weight is 346 g/mol. The second-order valence-corrected chi connectivity index (χ2v) is 6.45. The summed E-state index contributed by atoms with van der Waals surface area (Å²) in [5.74, 6) is -0.610. The normalized spacial score (nSPS) is 21.1. The Hall–Kier alpha value is -2.83. The zero-order valence-electron chi connectivity index (χ0n) is 14.3. The van der Waals surface area contributed by atoms with Gasteiger partial charge in [-0.3, -0.25) is 9.59 Å². The number of fused-ring (bicyclic) bond motifs is 2. The molecule has 2 aromatic rings. The third kappa shape index (κ3) is 3.22. The van der Waals surface area contributed by atoms with Gasteiger partial charge in [0.25, 0.3) is 0 Å².